The summed E-state index contributed by atoms with van der Waals surface area (Å²) in [6, 6.07) is 8.01. The zero-order chi connectivity index (χ0) is 11.8. The van der Waals surface area contributed by atoms with Gasteiger partial charge < -0.3 is 0 Å². The number of imidazole rings is 1. The number of hydrogen-bond donors (Lipinski definition) is 0. The average Bonchev–Trinajstić information content (AvgIpc) is 2.72. The van der Waals surface area contributed by atoms with Crippen LogP contribution in [0.2, 0.25) is 0 Å². The van der Waals surface area contributed by atoms with Crippen LogP contribution in [-0.4, -0.2) is 14.4 Å². The van der Waals surface area contributed by atoms with Crippen molar-refractivity contribution in [2.24, 2.45) is 0 Å². The number of aromatic nitrogens is 3. The van der Waals surface area contributed by atoms with Crippen molar-refractivity contribution in [1.82, 2.24) is 14.4 Å². The number of nitrogens with zero attached hydrogens (tertiary/aromatic N) is 3. The smallest absolute Gasteiger partial charge is 0.234 e. The van der Waals surface area contributed by atoms with E-state index < -0.39 is 0 Å². The highest BCUT2D eigenvalue weighted by atomic mass is 79.9. The Hall–Kier alpha value is -1.20. The van der Waals surface area contributed by atoms with Gasteiger partial charge in [0.2, 0.25) is 5.78 Å². The Morgan fingerprint density at radius 2 is 1.88 bits per heavy atom. The SMILES string of the molecule is Brc1cnc2nc(-c3ccccc3Br)cn2c1. The minimum absolute atomic E-state index is 0.693. The van der Waals surface area contributed by atoms with E-state index in [4.69, 9.17) is 0 Å². The van der Waals surface area contributed by atoms with E-state index in [1.807, 2.05) is 41.1 Å². The Kier molecular flexibility index (Phi) is 2.72. The minimum atomic E-state index is 0.693. The summed E-state index contributed by atoms with van der Waals surface area (Å²) in [4.78, 5) is 8.73. The van der Waals surface area contributed by atoms with Gasteiger partial charge in [-0.3, -0.25) is 4.40 Å². The van der Waals surface area contributed by atoms with Crippen LogP contribution in [0.5, 0.6) is 0 Å². The van der Waals surface area contributed by atoms with Gasteiger partial charge in [-0.15, -0.1) is 0 Å². The van der Waals surface area contributed by atoms with Gasteiger partial charge in [-0.25, -0.2) is 9.97 Å². The second-order valence-electron chi connectivity index (χ2n) is 3.59. The van der Waals surface area contributed by atoms with E-state index in [-0.39, 0.29) is 0 Å². The number of rotatable bonds is 1. The van der Waals surface area contributed by atoms with Gasteiger partial charge in [0.15, 0.2) is 0 Å². The molecule has 3 nitrogen and oxygen atoms in total. The quantitative estimate of drug-likeness (QED) is 0.664. The number of fused-ring (bicyclic) bond motifs is 1. The molecular formula is C12H7Br2N3. The summed E-state index contributed by atoms with van der Waals surface area (Å²) in [5.74, 6) is 0.693. The van der Waals surface area contributed by atoms with Crippen molar-refractivity contribution in [2.75, 3.05) is 0 Å². The van der Waals surface area contributed by atoms with Crippen LogP contribution in [0.25, 0.3) is 17.0 Å². The molecule has 5 heteroatoms. The highest BCUT2D eigenvalue weighted by Gasteiger charge is 2.07. The maximum Gasteiger partial charge on any atom is 0.234 e. The van der Waals surface area contributed by atoms with Crippen molar-refractivity contribution in [3.05, 3.63) is 51.8 Å². The Bertz CT molecular complexity index is 691. The Labute approximate surface area is 115 Å². The fraction of sp³-hybridized carbons (Fsp3) is 0. The Morgan fingerprint density at radius 3 is 2.71 bits per heavy atom. The first-order valence-electron chi connectivity index (χ1n) is 4.99. The summed E-state index contributed by atoms with van der Waals surface area (Å²) < 4.78 is 3.86. The fourth-order valence-corrected chi connectivity index (χ4v) is 2.47. The lowest BCUT2D eigenvalue weighted by Crippen LogP contribution is -1.85. The van der Waals surface area contributed by atoms with Crippen molar-refractivity contribution in [3.8, 4) is 11.3 Å². The van der Waals surface area contributed by atoms with Crippen LogP contribution in [0.15, 0.2) is 51.8 Å². The first-order valence-corrected chi connectivity index (χ1v) is 6.58. The second kappa shape index (κ2) is 4.23. The second-order valence-corrected chi connectivity index (χ2v) is 5.36. The third kappa shape index (κ3) is 2.00. The summed E-state index contributed by atoms with van der Waals surface area (Å²) in [5.41, 5.74) is 1.97. The van der Waals surface area contributed by atoms with Crippen LogP contribution >= 0.6 is 31.9 Å². The maximum absolute atomic E-state index is 4.49. The van der Waals surface area contributed by atoms with Crippen LogP contribution in [-0.2, 0) is 0 Å². The van der Waals surface area contributed by atoms with Crippen molar-refractivity contribution in [3.63, 3.8) is 0 Å². The number of hydrogen-bond acceptors (Lipinski definition) is 2. The monoisotopic (exact) mass is 351 g/mol. The summed E-state index contributed by atoms with van der Waals surface area (Å²) in [6.07, 6.45) is 5.65. The van der Waals surface area contributed by atoms with E-state index in [0.717, 1.165) is 20.2 Å². The summed E-state index contributed by atoms with van der Waals surface area (Å²) in [6.45, 7) is 0. The van der Waals surface area contributed by atoms with Crippen molar-refractivity contribution in [1.29, 1.82) is 0 Å². The third-order valence-electron chi connectivity index (χ3n) is 2.43. The van der Waals surface area contributed by atoms with Gasteiger partial charge in [-0.2, -0.15) is 0 Å². The maximum atomic E-state index is 4.49. The molecule has 0 aliphatic rings. The van der Waals surface area contributed by atoms with Crippen LogP contribution < -0.4 is 0 Å². The van der Waals surface area contributed by atoms with Crippen LogP contribution in [0.3, 0.4) is 0 Å². The van der Waals surface area contributed by atoms with E-state index in [1.165, 1.54) is 0 Å². The lowest BCUT2D eigenvalue weighted by atomic mass is 10.2. The lowest BCUT2D eigenvalue weighted by Gasteiger charge is -1.98. The molecule has 0 aliphatic heterocycles. The normalized spacial score (nSPS) is 10.9. The van der Waals surface area contributed by atoms with Crippen molar-refractivity contribution >= 4 is 37.6 Å². The molecule has 0 fully saturated rings. The predicted octanol–water partition coefficient (Wildman–Crippen LogP) is 3.92. The molecule has 1 aromatic carbocycles. The zero-order valence-corrected chi connectivity index (χ0v) is 11.8. The standard InChI is InChI=1S/C12H7Br2N3/c13-8-5-15-12-16-11(7-17(12)6-8)9-3-1-2-4-10(9)14/h1-7H. The zero-order valence-electron chi connectivity index (χ0n) is 8.64. The lowest BCUT2D eigenvalue weighted by molar-refractivity contribution is 1.10. The first kappa shape index (κ1) is 10.9. The highest BCUT2D eigenvalue weighted by molar-refractivity contribution is 9.10. The molecule has 0 aliphatic carbocycles. The molecule has 0 N–H and O–H groups in total. The van der Waals surface area contributed by atoms with E-state index >= 15 is 0 Å². The molecule has 0 spiro atoms. The van der Waals surface area contributed by atoms with Gasteiger partial charge in [-0.1, -0.05) is 34.1 Å². The van der Waals surface area contributed by atoms with E-state index in [9.17, 15) is 0 Å². The minimum Gasteiger partial charge on any atom is -0.289 e. The number of benzene rings is 1. The summed E-state index contributed by atoms with van der Waals surface area (Å²) >= 11 is 6.92. The van der Waals surface area contributed by atoms with Crippen molar-refractivity contribution < 1.29 is 0 Å². The molecule has 0 saturated heterocycles. The van der Waals surface area contributed by atoms with Gasteiger partial charge in [0.1, 0.15) is 0 Å². The van der Waals surface area contributed by atoms with Crippen LogP contribution in [0, 0.1) is 0 Å². The van der Waals surface area contributed by atoms with Gasteiger partial charge >= 0.3 is 0 Å². The average molecular weight is 353 g/mol. The molecule has 2 heterocycles. The van der Waals surface area contributed by atoms with Gasteiger partial charge in [0.25, 0.3) is 0 Å². The Morgan fingerprint density at radius 1 is 1.06 bits per heavy atom. The van der Waals surface area contributed by atoms with Crippen molar-refractivity contribution in [2.45, 2.75) is 0 Å². The molecule has 3 rings (SSSR count). The molecule has 2 aromatic heterocycles. The Balaban J connectivity index is 2.22. The van der Waals surface area contributed by atoms with E-state index in [2.05, 4.69) is 41.8 Å². The molecule has 0 amide bonds. The third-order valence-corrected chi connectivity index (χ3v) is 3.53. The molecule has 3 aromatic rings. The highest BCUT2D eigenvalue weighted by Crippen LogP contribution is 2.27. The van der Waals surface area contributed by atoms with E-state index in [0.29, 0.717) is 5.78 Å². The van der Waals surface area contributed by atoms with Crippen LogP contribution in [0.1, 0.15) is 0 Å². The topological polar surface area (TPSA) is 30.2 Å². The molecule has 0 radical (unpaired) electrons. The molecular weight excluding hydrogens is 346 g/mol. The molecule has 84 valence electrons. The molecule has 17 heavy (non-hydrogen) atoms. The molecule has 0 saturated carbocycles. The molecule has 0 atom stereocenters. The first-order chi connectivity index (χ1) is 8.24. The number of halogens is 2. The van der Waals surface area contributed by atoms with Gasteiger partial charge in [0.05, 0.1) is 10.2 Å². The predicted molar refractivity (Wildman–Crippen MR) is 73.8 cm³/mol. The van der Waals surface area contributed by atoms with Gasteiger partial charge in [-0.05, 0) is 22.0 Å². The summed E-state index contributed by atoms with van der Waals surface area (Å²) in [7, 11) is 0. The van der Waals surface area contributed by atoms with E-state index in [1.54, 1.807) is 6.20 Å². The fourth-order valence-electron chi connectivity index (χ4n) is 1.66. The van der Waals surface area contributed by atoms with Crippen LogP contribution in [0.4, 0.5) is 0 Å². The summed E-state index contributed by atoms with van der Waals surface area (Å²) in [5, 5.41) is 0. The largest absolute Gasteiger partial charge is 0.289 e. The molecule has 0 bridgehead atoms. The molecule has 0 unspecified atom stereocenters. The van der Waals surface area contributed by atoms with Gasteiger partial charge in [0, 0.05) is 28.6 Å².